The number of carbonyl (C=O) groups excluding carboxylic acids is 1. The van der Waals surface area contributed by atoms with Crippen LogP contribution in [0, 0.1) is 12.8 Å². The lowest BCUT2D eigenvalue weighted by Crippen LogP contribution is -2.44. The molecule has 0 aliphatic carbocycles. The highest BCUT2D eigenvalue weighted by atomic mass is 35.5. The van der Waals surface area contributed by atoms with Crippen molar-refractivity contribution in [3.8, 4) is 0 Å². The van der Waals surface area contributed by atoms with E-state index in [4.69, 9.17) is 11.6 Å². The Hall–Kier alpha value is -2.92. The second-order valence-corrected chi connectivity index (χ2v) is 13.9. The van der Waals surface area contributed by atoms with E-state index in [2.05, 4.69) is 10.0 Å². The summed E-state index contributed by atoms with van der Waals surface area (Å²) in [6, 6.07) is 20.5. The summed E-state index contributed by atoms with van der Waals surface area (Å²) in [5, 5.41) is 3.21. The minimum Gasteiger partial charge on any atom is -0.326 e. The zero-order valence-corrected chi connectivity index (χ0v) is 24.0. The Morgan fingerprint density at radius 3 is 2.44 bits per heavy atom. The molecule has 8 nitrogen and oxygen atoms in total. The number of anilines is 2. The number of hydrogen-bond acceptors (Lipinski definition) is 5. The second kappa shape index (κ2) is 12.5. The van der Waals surface area contributed by atoms with Gasteiger partial charge in [0.2, 0.25) is 15.9 Å². The molecule has 1 saturated heterocycles. The van der Waals surface area contributed by atoms with Gasteiger partial charge in [0.15, 0.2) is 0 Å². The summed E-state index contributed by atoms with van der Waals surface area (Å²) in [4.78, 5) is 13.0. The van der Waals surface area contributed by atoms with E-state index in [1.807, 2.05) is 30.3 Å². The molecule has 4 rings (SSSR count). The third kappa shape index (κ3) is 7.82. The quantitative estimate of drug-likeness (QED) is 0.343. The van der Waals surface area contributed by atoms with Crippen LogP contribution in [0.5, 0.6) is 0 Å². The van der Waals surface area contributed by atoms with Gasteiger partial charge in [-0.2, -0.15) is 0 Å². The van der Waals surface area contributed by atoms with Gasteiger partial charge in [0.25, 0.3) is 10.0 Å². The van der Waals surface area contributed by atoms with Gasteiger partial charge in [0.1, 0.15) is 0 Å². The van der Waals surface area contributed by atoms with Crippen molar-refractivity contribution in [3.63, 3.8) is 0 Å². The summed E-state index contributed by atoms with van der Waals surface area (Å²) in [6.07, 6.45) is 2.37. The van der Waals surface area contributed by atoms with E-state index >= 15 is 0 Å². The largest absolute Gasteiger partial charge is 0.326 e. The number of sulfonamides is 2. The van der Waals surface area contributed by atoms with Crippen LogP contribution in [0.15, 0.2) is 77.7 Å². The van der Waals surface area contributed by atoms with Gasteiger partial charge in [-0.25, -0.2) is 21.1 Å². The number of nitrogens with zero attached hydrogens (tertiary/aromatic N) is 1. The van der Waals surface area contributed by atoms with E-state index < -0.39 is 26.0 Å². The van der Waals surface area contributed by atoms with E-state index in [0.717, 1.165) is 11.1 Å². The van der Waals surface area contributed by atoms with Gasteiger partial charge in [-0.3, -0.25) is 9.52 Å². The molecule has 1 fully saturated rings. The Morgan fingerprint density at radius 1 is 1.00 bits per heavy atom. The van der Waals surface area contributed by atoms with E-state index in [1.165, 1.54) is 28.6 Å². The standard InChI is InChI=1S/C28H32ClN3O5S2/c1-21-11-12-24(29)19-27(21)31-39(36,37)26-15-13-25(14-16-26)30-28(33)23-10-5-17-32(20-23)38(34,35)18-6-9-22-7-3-2-4-8-22/h2-4,7-8,11-16,19,23,31H,5-6,9-10,17-18,20H2,1H3,(H,30,33)/t23-/m1/s1. The molecular formula is C28H32ClN3O5S2. The first kappa shape index (κ1) is 29.1. The maximum atomic E-state index is 13.0. The molecule has 1 heterocycles. The lowest BCUT2D eigenvalue weighted by Gasteiger charge is -2.31. The number of halogens is 1. The van der Waals surface area contributed by atoms with Crippen molar-refractivity contribution in [2.75, 3.05) is 28.9 Å². The number of piperidine rings is 1. The minimum absolute atomic E-state index is 0.0327. The highest BCUT2D eigenvalue weighted by molar-refractivity contribution is 7.92. The zero-order valence-electron chi connectivity index (χ0n) is 21.6. The van der Waals surface area contributed by atoms with E-state index in [9.17, 15) is 21.6 Å². The number of benzene rings is 3. The third-order valence-corrected chi connectivity index (χ3v) is 10.3. The summed E-state index contributed by atoms with van der Waals surface area (Å²) in [5.74, 6) is -0.740. The van der Waals surface area contributed by atoms with Gasteiger partial charge in [0, 0.05) is 23.8 Å². The van der Waals surface area contributed by atoms with E-state index in [-0.39, 0.29) is 23.1 Å². The summed E-state index contributed by atoms with van der Waals surface area (Å²) in [6.45, 7) is 2.31. The van der Waals surface area contributed by atoms with Crippen LogP contribution >= 0.6 is 11.6 Å². The Morgan fingerprint density at radius 2 is 1.72 bits per heavy atom. The monoisotopic (exact) mass is 589 g/mol. The van der Waals surface area contributed by atoms with Crippen molar-refractivity contribution in [2.24, 2.45) is 5.92 Å². The number of nitrogens with one attached hydrogen (secondary N) is 2. The Labute approximate surface area is 235 Å². The van der Waals surface area contributed by atoms with Crippen LogP contribution in [0.1, 0.15) is 30.4 Å². The van der Waals surface area contributed by atoms with Crippen molar-refractivity contribution in [2.45, 2.75) is 37.5 Å². The Bertz CT molecular complexity index is 1510. The summed E-state index contributed by atoms with van der Waals surface area (Å²) < 4.78 is 55.5. The molecular weight excluding hydrogens is 558 g/mol. The molecule has 0 radical (unpaired) electrons. The molecule has 1 amide bonds. The molecule has 0 bridgehead atoms. The van der Waals surface area contributed by atoms with Gasteiger partial charge in [-0.15, -0.1) is 0 Å². The zero-order chi connectivity index (χ0) is 28.0. The molecule has 0 aromatic heterocycles. The van der Waals surface area contributed by atoms with Crippen molar-refractivity contribution in [3.05, 3.63) is 88.9 Å². The number of amides is 1. The highest BCUT2D eigenvalue weighted by Crippen LogP contribution is 2.25. The molecule has 1 aliphatic rings. The smallest absolute Gasteiger partial charge is 0.261 e. The predicted octanol–water partition coefficient (Wildman–Crippen LogP) is 5.06. The van der Waals surface area contributed by atoms with Crippen LogP contribution in [-0.2, 0) is 31.3 Å². The van der Waals surface area contributed by atoms with Crippen LogP contribution in [0.3, 0.4) is 0 Å². The molecule has 0 unspecified atom stereocenters. The van der Waals surface area contributed by atoms with Crippen LogP contribution in [-0.4, -0.2) is 45.9 Å². The maximum Gasteiger partial charge on any atom is 0.261 e. The van der Waals surface area contributed by atoms with Crippen LogP contribution < -0.4 is 10.0 Å². The normalized spacial score (nSPS) is 16.5. The van der Waals surface area contributed by atoms with Crippen molar-refractivity contribution >= 4 is 48.9 Å². The molecule has 0 saturated carbocycles. The van der Waals surface area contributed by atoms with Crippen LogP contribution in [0.2, 0.25) is 5.02 Å². The van der Waals surface area contributed by atoms with Crippen molar-refractivity contribution < 1.29 is 21.6 Å². The number of rotatable bonds is 10. The van der Waals surface area contributed by atoms with E-state index in [0.29, 0.717) is 48.6 Å². The SMILES string of the molecule is Cc1ccc(Cl)cc1NS(=O)(=O)c1ccc(NC(=O)[C@@H]2CCCN(S(=O)(=O)CCCc3ccccc3)C2)cc1. The summed E-state index contributed by atoms with van der Waals surface area (Å²) >= 11 is 5.99. The second-order valence-electron chi connectivity index (χ2n) is 9.68. The molecule has 39 heavy (non-hydrogen) atoms. The summed E-state index contributed by atoms with van der Waals surface area (Å²) in [7, 11) is -7.34. The average Bonchev–Trinajstić information content (AvgIpc) is 2.91. The van der Waals surface area contributed by atoms with Gasteiger partial charge < -0.3 is 5.32 Å². The first-order chi connectivity index (χ1) is 18.5. The number of hydrogen-bond donors (Lipinski definition) is 2. The molecule has 11 heteroatoms. The lowest BCUT2D eigenvalue weighted by molar-refractivity contribution is -0.120. The van der Waals surface area contributed by atoms with Gasteiger partial charge >= 0.3 is 0 Å². The fourth-order valence-corrected chi connectivity index (χ4v) is 7.39. The first-order valence-corrected chi connectivity index (χ1v) is 16.2. The van der Waals surface area contributed by atoms with Gasteiger partial charge in [0.05, 0.1) is 22.3 Å². The molecule has 1 atom stereocenters. The number of aryl methyl sites for hydroxylation is 2. The molecule has 3 aromatic rings. The minimum atomic E-state index is -3.86. The molecule has 0 spiro atoms. The lowest BCUT2D eigenvalue weighted by atomic mass is 9.99. The Balaban J connectivity index is 1.33. The average molecular weight is 590 g/mol. The van der Waals surface area contributed by atoms with Crippen LogP contribution in [0.4, 0.5) is 11.4 Å². The summed E-state index contributed by atoms with van der Waals surface area (Å²) in [5.41, 5.74) is 2.64. The maximum absolute atomic E-state index is 13.0. The fourth-order valence-electron chi connectivity index (χ4n) is 4.51. The van der Waals surface area contributed by atoms with Crippen LogP contribution in [0.25, 0.3) is 0 Å². The molecule has 208 valence electrons. The van der Waals surface area contributed by atoms with Gasteiger partial charge in [-0.1, -0.05) is 48.0 Å². The predicted molar refractivity (Wildman–Crippen MR) is 155 cm³/mol. The van der Waals surface area contributed by atoms with Gasteiger partial charge in [-0.05, 0) is 80.1 Å². The third-order valence-electron chi connectivity index (χ3n) is 6.73. The number of carbonyl (C=O) groups is 1. The highest BCUT2D eigenvalue weighted by Gasteiger charge is 2.32. The molecule has 2 N–H and O–H groups in total. The molecule has 1 aliphatic heterocycles. The van der Waals surface area contributed by atoms with Crippen molar-refractivity contribution in [1.82, 2.24) is 4.31 Å². The van der Waals surface area contributed by atoms with E-state index in [1.54, 1.807) is 25.1 Å². The van der Waals surface area contributed by atoms with Crippen molar-refractivity contribution in [1.29, 1.82) is 0 Å². The first-order valence-electron chi connectivity index (χ1n) is 12.8. The molecule has 3 aromatic carbocycles. The fraction of sp³-hybridized carbons (Fsp3) is 0.321. The topological polar surface area (TPSA) is 113 Å². The Kier molecular flexibility index (Phi) is 9.32.